The van der Waals surface area contributed by atoms with Gasteiger partial charge in [-0.3, -0.25) is 9.59 Å². The first-order chi connectivity index (χ1) is 14.8. The zero-order valence-electron chi connectivity index (χ0n) is 18.6. The number of hydrogen-bond acceptors (Lipinski definition) is 2. The maximum atomic E-state index is 13.3. The summed E-state index contributed by atoms with van der Waals surface area (Å²) in [4.78, 5) is 29.2. The molecule has 7 heteroatoms. The molecule has 31 heavy (non-hydrogen) atoms. The monoisotopic (exact) mass is 428 g/mol. The topological polar surface area (TPSA) is 58.3 Å². The van der Waals surface area contributed by atoms with Gasteiger partial charge >= 0.3 is 0 Å². The van der Waals surface area contributed by atoms with E-state index in [1.165, 1.54) is 21.9 Å². The summed E-state index contributed by atoms with van der Waals surface area (Å²) in [7, 11) is 1.76. The van der Waals surface area contributed by atoms with Gasteiger partial charge < -0.3 is 20.0 Å². The average Bonchev–Trinajstić information content (AvgIpc) is 2.73. The summed E-state index contributed by atoms with van der Waals surface area (Å²) in [5, 5.41) is 3.03. The normalized spacial score (nSPS) is 18.5. The van der Waals surface area contributed by atoms with E-state index < -0.39 is 0 Å². The van der Waals surface area contributed by atoms with Crippen LogP contribution in [0.15, 0.2) is 42.5 Å². The Bertz CT molecular complexity index is 926. The van der Waals surface area contributed by atoms with Crippen molar-refractivity contribution in [2.45, 2.75) is 20.4 Å². The molecule has 0 saturated carbocycles. The van der Waals surface area contributed by atoms with E-state index in [4.69, 9.17) is 0 Å². The van der Waals surface area contributed by atoms with E-state index in [-0.39, 0.29) is 17.6 Å². The third-order valence-corrected chi connectivity index (χ3v) is 6.09. The van der Waals surface area contributed by atoms with Crippen molar-refractivity contribution in [3.05, 3.63) is 65.0 Å². The molecule has 0 spiro atoms. The molecule has 2 amide bonds. The number of aryl methyl sites for hydroxylation is 1. The highest BCUT2D eigenvalue weighted by Crippen LogP contribution is 2.17. The van der Waals surface area contributed by atoms with E-state index in [2.05, 4.69) is 5.32 Å². The smallest absolute Gasteiger partial charge is 0.279 e. The summed E-state index contributed by atoms with van der Waals surface area (Å²) >= 11 is 0. The summed E-state index contributed by atoms with van der Waals surface area (Å²) in [6, 6.07) is 12.3. The number of benzene rings is 2. The first kappa shape index (κ1) is 22.9. The van der Waals surface area contributed by atoms with Crippen molar-refractivity contribution in [2.24, 2.45) is 0 Å². The van der Waals surface area contributed by atoms with Crippen molar-refractivity contribution < 1.29 is 23.8 Å². The molecule has 3 rings (SSSR count). The Morgan fingerprint density at radius 1 is 1.00 bits per heavy atom. The molecule has 2 aromatic carbocycles. The minimum Gasteiger partial charge on any atom is -0.337 e. The number of nitrogens with one attached hydrogen (secondary N) is 3. The summed E-state index contributed by atoms with van der Waals surface area (Å²) in [6.07, 6.45) is 0. The highest BCUT2D eigenvalue weighted by atomic mass is 19.1. The van der Waals surface area contributed by atoms with Gasteiger partial charge in [-0.05, 0) is 48.7 Å². The van der Waals surface area contributed by atoms with Gasteiger partial charge in [-0.1, -0.05) is 24.3 Å². The fraction of sp³-hybridized carbons (Fsp3) is 0.417. The van der Waals surface area contributed by atoms with Crippen LogP contribution in [0, 0.1) is 19.7 Å². The Kier molecular flexibility index (Phi) is 7.76. The van der Waals surface area contributed by atoms with Gasteiger partial charge in [-0.25, -0.2) is 4.39 Å². The lowest BCUT2D eigenvalue weighted by Gasteiger charge is -2.30. The molecular weight excluding hydrogens is 395 g/mol. The number of carbonyl (C=O) groups excluding carboxylic acids is 2. The van der Waals surface area contributed by atoms with Crippen molar-refractivity contribution in [3.8, 4) is 0 Å². The number of amides is 2. The number of piperazine rings is 1. The van der Waals surface area contributed by atoms with Gasteiger partial charge in [0.1, 0.15) is 32.0 Å². The molecule has 0 unspecified atom stereocenters. The lowest BCUT2D eigenvalue weighted by Crippen LogP contribution is -3.28. The van der Waals surface area contributed by atoms with Crippen molar-refractivity contribution in [2.75, 3.05) is 51.6 Å². The summed E-state index contributed by atoms with van der Waals surface area (Å²) in [5.41, 5.74) is 3.92. The molecule has 1 fully saturated rings. The lowest BCUT2D eigenvalue weighted by atomic mass is 10.1. The van der Waals surface area contributed by atoms with Gasteiger partial charge in [0.25, 0.3) is 11.8 Å². The third kappa shape index (κ3) is 6.60. The average molecular weight is 429 g/mol. The van der Waals surface area contributed by atoms with Crippen LogP contribution in [0.4, 0.5) is 10.1 Å². The van der Waals surface area contributed by atoms with Crippen LogP contribution in [0.5, 0.6) is 0 Å². The zero-order valence-corrected chi connectivity index (χ0v) is 18.6. The first-order valence-corrected chi connectivity index (χ1v) is 10.8. The van der Waals surface area contributed by atoms with Gasteiger partial charge in [0.2, 0.25) is 0 Å². The molecule has 0 atom stereocenters. The molecular formula is C24H33FN4O2+2. The van der Waals surface area contributed by atoms with Crippen LogP contribution in [0.3, 0.4) is 0 Å². The molecule has 1 aliphatic heterocycles. The predicted molar refractivity (Wildman–Crippen MR) is 119 cm³/mol. The van der Waals surface area contributed by atoms with Gasteiger partial charge in [0.15, 0.2) is 13.1 Å². The Labute approximate surface area is 183 Å². The standard InChI is InChI=1S/C24H31FN4O2/c1-18-6-4-9-22(19(18)2)26-23(30)16-28-10-12-29(13-11-28)17-24(31)27(3)15-20-7-5-8-21(25)14-20/h4-9,14H,10-13,15-17H2,1-3H3,(H,26,30)/p+2. The highest BCUT2D eigenvalue weighted by molar-refractivity contribution is 5.92. The quantitative estimate of drug-likeness (QED) is 0.573. The Morgan fingerprint density at radius 3 is 2.32 bits per heavy atom. The summed E-state index contributed by atoms with van der Waals surface area (Å²) < 4.78 is 13.3. The molecule has 1 heterocycles. The first-order valence-electron chi connectivity index (χ1n) is 10.8. The Hall–Kier alpha value is -2.77. The van der Waals surface area contributed by atoms with Gasteiger partial charge in [0.05, 0.1) is 0 Å². The van der Waals surface area contributed by atoms with E-state index in [1.54, 1.807) is 18.0 Å². The Balaban J connectivity index is 1.41. The zero-order chi connectivity index (χ0) is 22.4. The second-order valence-corrected chi connectivity index (χ2v) is 8.53. The molecule has 166 valence electrons. The van der Waals surface area contributed by atoms with Gasteiger partial charge in [0, 0.05) is 19.3 Å². The Morgan fingerprint density at radius 2 is 1.65 bits per heavy atom. The van der Waals surface area contributed by atoms with E-state index in [0.717, 1.165) is 48.6 Å². The number of carbonyl (C=O) groups is 2. The number of nitrogens with zero attached hydrogens (tertiary/aromatic N) is 1. The molecule has 1 saturated heterocycles. The van der Waals surface area contributed by atoms with Crippen LogP contribution < -0.4 is 15.1 Å². The van der Waals surface area contributed by atoms with Crippen LogP contribution >= 0.6 is 0 Å². The maximum absolute atomic E-state index is 13.3. The second-order valence-electron chi connectivity index (χ2n) is 8.53. The largest absolute Gasteiger partial charge is 0.337 e. The highest BCUT2D eigenvalue weighted by Gasteiger charge is 2.27. The minimum absolute atomic E-state index is 0.0260. The maximum Gasteiger partial charge on any atom is 0.279 e. The van der Waals surface area contributed by atoms with Crippen molar-refractivity contribution in [3.63, 3.8) is 0 Å². The molecule has 3 N–H and O–H groups in total. The number of hydrogen-bond donors (Lipinski definition) is 3. The lowest BCUT2D eigenvalue weighted by molar-refractivity contribution is -1.00. The van der Waals surface area contributed by atoms with Crippen LogP contribution in [-0.4, -0.2) is 63.0 Å². The van der Waals surface area contributed by atoms with E-state index in [1.807, 2.05) is 38.1 Å². The van der Waals surface area contributed by atoms with Crippen molar-refractivity contribution in [1.82, 2.24) is 4.90 Å². The fourth-order valence-corrected chi connectivity index (χ4v) is 3.96. The predicted octanol–water partition coefficient (Wildman–Crippen LogP) is -0.177. The minimum atomic E-state index is -0.287. The third-order valence-electron chi connectivity index (χ3n) is 6.09. The number of anilines is 1. The SMILES string of the molecule is Cc1cccc(NC(=O)C[NH+]2CC[NH+](CC(=O)N(C)Cc3cccc(F)c3)CC2)c1C. The van der Waals surface area contributed by atoms with Crippen LogP contribution in [0.2, 0.25) is 0 Å². The number of likely N-dealkylation sites (N-methyl/N-ethyl adjacent to an activating group) is 1. The second kappa shape index (κ2) is 10.5. The molecule has 0 radical (unpaired) electrons. The summed E-state index contributed by atoms with van der Waals surface area (Å²) in [5.74, 6) is -0.210. The van der Waals surface area contributed by atoms with Crippen LogP contribution in [0.1, 0.15) is 16.7 Å². The molecule has 0 aromatic heterocycles. The van der Waals surface area contributed by atoms with Crippen molar-refractivity contribution in [1.29, 1.82) is 0 Å². The molecule has 1 aliphatic rings. The van der Waals surface area contributed by atoms with Crippen LogP contribution in [-0.2, 0) is 16.1 Å². The van der Waals surface area contributed by atoms with Crippen LogP contribution in [0.25, 0.3) is 0 Å². The fourth-order valence-electron chi connectivity index (χ4n) is 3.96. The number of halogens is 1. The molecule has 0 aliphatic carbocycles. The number of rotatable bonds is 7. The van der Waals surface area contributed by atoms with Gasteiger partial charge in [-0.15, -0.1) is 0 Å². The van der Waals surface area contributed by atoms with E-state index in [0.29, 0.717) is 19.6 Å². The van der Waals surface area contributed by atoms with Gasteiger partial charge in [-0.2, -0.15) is 0 Å². The van der Waals surface area contributed by atoms with E-state index >= 15 is 0 Å². The van der Waals surface area contributed by atoms with Crippen molar-refractivity contribution >= 4 is 17.5 Å². The number of quaternary nitrogens is 2. The van der Waals surface area contributed by atoms with E-state index in [9.17, 15) is 14.0 Å². The molecule has 6 nitrogen and oxygen atoms in total. The summed E-state index contributed by atoms with van der Waals surface area (Å²) in [6.45, 7) is 8.74. The molecule has 0 bridgehead atoms. The molecule has 2 aromatic rings.